The predicted octanol–water partition coefficient (Wildman–Crippen LogP) is 1.59. The van der Waals surface area contributed by atoms with E-state index >= 15 is 0 Å². The topological polar surface area (TPSA) is 72.5 Å². The lowest BCUT2D eigenvalue weighted by Crippen LogP contribution is -2.42. The third-order valence-corrected chi connectivity index (χ3v) is 3.55. The molecule has 0 heterocycles. The molecule has 0 aromatic heterocycles. The third-order valence-electron chi connectivity index (χ3n) is 3.55. The van der Waals surface area contributed by atoms with Crippen LogP contribution >= 0.6 is 0 Å². The summed E-state index contributed by atoms with van der Waals surface area (Å²) in [7, 11) is 1.28. The van der Waals surface area contributed by atoms with Crippen LogP contribution in [-0.2, 0) is 19.1 Å². The number of rotatable bonds is 7. The summed E-state index contributed by atoms with van der Waals surface area (Å²) in [6.45, 7) is 1.47. The molecule has 1 saturated carbocycles. The molecule has 0 aromatic rings. The number of carbonyl (C=O) groups is 3. The van der Waals surface area contributed by atoms with Crippen molar-refractivity contribution in [3.63, 3.8) is 0 Å². The van der Waals surface area contributed by atoms with E-state index in [0.29, 0.717) is 18.8 Å². The van der Waals surface area contributed by atoms with Crippen molar-refractivity contribution in [1.82, 2.24) is 5.32 Å². The molecule has 0 bridgehead atoms. The SMILES string of the molecule is COC(=O)[C@@H](CCC(C)=O)NC(=O)CC1CCCC1. The summed E-state index contributed by atoms with van der Waals surface area (Å²) in [5.41, 5.74) is 0. The van der Waals surface area contributed by atoms with Gasteiger partial charge in [-0.25, -0.2) is 4.79 Å². The molecule has 1 aliphatic rings. The predicted molar refractivity (Wildman–Crippen MR) is 70.4 cm³/mol. The van der Waals surface area contributed by atoms with Crippen molar-refractivity contribution in [2.75, 3.05) is 7.11 Å². The normalized spacial score (nSPS) is 16.9. The summed E-state index contributed by atoms with van der Waals surface area (Å²) < 4.78 is 4.65. The number of methoxy groups -OCH3 is 1. The number of carbonyl (C=O) groups excluding carboxylic acids is 3. The minimum Gasteiger partial charge on any atom is -0.467 e. The molecule has 0 saturated heterocycles. The Kier molecular flexibility index (Phi) is 6.53. The minimum absolute atomic E-state index is 0.000977. The summed E-state index contributed by atoms with van der Waals surface area (Å²) in [5.74, 6) is -0.170. The zero-order valence-corrected chi connectivity index (χ0v) is 11.7. The highest BCUT2D eigenvalue weighted by Gasteiger charge is 2.24. The Morgan fingerprint density at radius 3 is 2.42 bits per heavy atom. The van der Waals surface area contributed by atoms with Gasteiger partial charge in [-0.2, -0.15) is 0 Å². The molecule has 19 heavy (non-hydrogen) atoms. The molecule has 1 amide bonds. The molecule has 0 unspecified atom stereocenters. The van der Waals surface area contributed by atoms with Gasteiger partial charge < -0.3 is 14.8 Å². The van der Waals surface area contributed by atoms with Crippen molar-refractivity contribution in [3.05, 3.63) is 0 Å². The molecule has 1 aliphatic carbocycles. The highest BCUT2D eigenvalue weighted by atomic mass is 16.5. The van der Waals surface area contributed by atoms with Crippen LogP contribution < -0.4 is 5.32 Å². The van der Waals surface area contributed by atoms with Crippen LogP contribution in [0.4, 0.5) is 0 Å². The van der Waals surface area contributed by atoms with Crippen LogP contribution in [0.15, 0.2) is 0 Å². The fraction of sp³-hybridized carbons (Fsp3) is 0.786. The Bertz CT molecular complexity index is 334. The average molecular weight is 269 g/mol. The van der Waals surface area contributed by atoms with Gasteiger partial charge in [0.25, 0.3) is 0 Å². The summed E-state index contributed by atoms with van der Waals surface area (Å²) in [4.78, 5) is 34.4. The minimum atomic E-state index is -0.706. The fourth-order valence-corrected chi connectivity index (χ4v) is 2.47. The lowest BCUT2D eigenvalue weighted by Gasteiger charge is -2.17. The number of Topliss-reactive ketones (excluding diaryl/α,β-unsaturated/α-hetero) is 1. The quantitative estimate of drug-likeness (QED) is 0.712. The van der Waals surface area contributed by atoms with E-state index in [-0.39, 0.29) is 18.1 Å². The van der Waals surface area contributed by atoms with Crippen molar-refractivity contribution in [2.45, 2.75) is 57.9 Å². The Hall–Kier alpha value is -1.39. The molecule has 0 aromatic carbocycles. The molecule has 108 valence electrons. The first-order valence-corrected chi connectivity index (χ1v) is 6.89. The van der Waals surface area contributed by atoms with E-state index in [9.17, 15) is 14.4 Å². The molecule has 5 heteroatoms. The van der Waals surface area contributed by atoms with Crippen LogP contribution in [0.1, 0.15) is 51.9 Å². The van der Waals surface area contributed by atoms with Crippen LogP contribution in [0.2, 0.25) is 0 Å². The number of ether oxygens (including phenoxy) is 1. The summed E-state index contributed by atoms with van der Waals surface area (Å²) in [6, 6.07) is -0.706. The van der Waals surface area contributed by atoms with Crippen molar-refractivity contribution in [2.24, 2.45) is 5.92 Å². The van der Waals surface area contributed by atoms with E-state index in [2.05, 4.69) is 10.1 Å². The van der Waals surface area contributed by atoms with Crippen LogP contribution in [0, 0.1) is 5.92 Å². The van der Waals surface area contributed by atoms with Crippen molar-refractivity contribution in [1.29, 1.82) is 0 Å². The van der Waals surface area contributed by atoms with Crippen molar-refractivity contribution in [3.8, 4) is 0 Å². The molecular weight excluding hydrogens is 246 g/mol. The van der Waals surface area contributed by atoms with Gasteiger partial charge in [0.05, 0.1) is 7.11 Å². The molecule has 1 N–H and O–H groups in total. The lowest BCUT2D eigenvalue weighted by atomic mass is 10.0. The first-order chi connectivity index (χ1) is 9.02. The first kappa shape index (κ1) is 15.7. The van der Waals surface area contributed by atoms with Gasteiger partial charge in [0, 0.05) is 12.8 Å². The van der Waals surface area contributed by atoms with Crippen molar-refractivity contribution < 1.29 is 19.1 Å². The van der Waals surface area contributed by atoms with Gasteiger partial charge in [-0.3, -0.25) is 4.79 Å². The summed E-state index contributed by atoms with van der Waals surface area (Å²) in [5, 5.41) is 2.68. The Morgan fingerprint density at radius 2 is 1.89 bits per heavy atom. The maximum absolute atomic E-state index is 11.9. The smallest absolute Gasteiger partial charge is 0.328 e. The number of esters is 1. The van der Waals surface area contributed by atoms with E-state index in [1.165, 1.54) is 26.9 Å². The second kappa shape index (κ2) is 7.92. The highest BCUT2D eigenvalue weighted by Crippen LogP contribution is 2.27. The molecule has 0 spiro atoms. The zero-order chi connectivity index (χ0) is 14.3. The van der Waals surface area contributed by atoms with Gasteiger partial charge in [0.2, 0.25) is 5.91 Å². The van der Waals surface area contributed by atoms with E-state index < -0.39 is 12.0 Å². The van der Waals surface area contributed by atoms with E-state index in [1.807, 2.05) is 0 Å². The van der Waals surface area contributed by atoms with Crippen LogP contribution in [0.5, 0.6) is 0 Å². The summed E-state index contributed by atoms with van der Waals surface area (Å²) in [6.07, 6.45) is 5.58. The maximum Gasteiger partial charge on any atom is 0.328 e. The molecule has 5 nitrogen and oxygen atoms in total. The largest absolute Gasteiger partial charge is 0.467 e. The fourth-order valence-electron chi connectivity index (χ4n) is 2.47. The molecule has 1 rings (SSSR count). The van der Waals surface area contributed by atoms with Crippen LogP contribution in [0.3, 0.4) is 0 Å². The Morgan fingerprint density at radius 1 is 1.26 bits per heavy atom. The van der Waals surface area contributed by atoms with Gasteiger partial charge >= 0.3 is 5.97 Å². The average Bonchev–Trinajstić information content (AvgIpc) is 2.85. The van der Waals surface area contributed by atoms with Crippen LogP contribution in [-0.4, -0.2) is 30.8 Å². The standard InChI is InChI=1S/C14H23NO4/c1-10(16)7-8-12(14(18)19-2)15-13(17)9-11-5-3-4-6-11/h11-12H,3-9H2,1-2H3,(H,15,17)/t12-/m1/s1. The summed E-state index contributed by atoms with van der Waals surface area (Å²) >= 11 is 0. The highest BCUT2D eigenvalue weighted by molar-refractivity contribution is 5.85. The van der Waals surface area contributed by atoms with Gasteiger partial charge in [0.1, 0.15) is 11.8 Å². The molecular formula is C14H23NO4. The Balaban J connectivity index is 2.43. The Labute approximate surface area is 114 Å². The number of hydrogen-bond acceptors (Lipinski definition) is 4. The second-order valence-corrected chi connectivity index (χ2v) is 5.24. The second-order valence-electron chi connectivity index (χ2n) is 5.24. The number of hydrogen-bond donors (Lipinski definition) is 1. The number of amides is 1. The van der Waals surface area contributed by atoms with E-state index in [4.69, 9.17) is 0 Å². The molecule has 1 fully saturated rings. The van der Waals surface area contributed by atoms with Gasteiger partial charge in [0.15, 0.2) is 0 Å². The van der Waals surface area contributed by atoms with E-state index in [0.717, 1.165) is 12.8 Å². The van der Waals surface area contributed by atoms with Crippen LogP contribution in [0.25, 0.3) is 0 Å². The zero-order valence-electron chi connectivity index (χ0n) is 11.7. The maximum atomic E-state index is 11.9. The molecule has 1 atom stereocenters. The van der Waals surface area contributed by atoms with Gasteiger partial charge in [-0.1, -0.05) is 12.8 Å². The van der Waals surface area contributed by atoms with Gasteiger partial charge in [-0.05, 0) is 32.1 Å². The number of ketones is 1. The third kappa shape index (κ3) is 5.85. The number of nitrogens with one attached hydrogen (secondary N) is 1. The van der Waals surface area contributed by atoms with E-state index in [1.54, 1.807) is 0 Å². The molecule has 0 radical (unpaired) electrons. The van der Waals surface area contributed by atoms with Crippen molar-refractivity contribution >= 4 is 17.7 Å². The van der Waals surface area contributed by atoms with Gasteiger partial charge in [-0.15, -0.1) is 0 Å². The molecule has 0 aliphatic heterocycles. The monoisotopic (exact) mass is 269 g/mol. The first-order valence-electron chi connectivity index (χ1n) is 6.89. The lowest BCUT2D eigenvalue weighted by molar-refractivity contribution is -0.145.